The molecule has 0 aliphatic carbocycles. The second-order valence-corrected chi connectivity index (χ2v) is 18.7. The summed E-state index contributed by atoms with van der Waals surface area (Å²) in [5.41, 5.74) is 17.4. The van der Waals surface area contributed by atoms with Crippen LogP contribution in [0.5, 0.6) is 5.75 Å². The molecule has 12 aromatic rings. The summed E-state index contributed by atoms with van der Waals surface area (Å²) in [6, 6.07) is 79.9. The van der Waals surface area contributed by atoms with Gasteiger partial charge in [-0.25, -0.2) is 4.98 Å². The molecule has 0 amide bonds. The largest absolute Gasteiger partial charge is 0.507 e. The minimum atomic E-state index is -0.0991. The molecule has 0 aliphatic rings. The van der Waals surface area contributed by atoms with Gasteiger partial charge in [0.1, 0.15) is 11.6 Å². The van der Waals surface area contributed by atoms with Crippen molar-refractivity contribution in [2.75, 3.05) is 0 Å². The van der Waals surface area contributed by atoms with Crippen LogP contribution in [-0.4, -0.2) is 24.2 Å². The Kier molecular flexibility index (Phi) is 11.5. The fourth-order valence-corrected chi connectivity index (χ4v) is 9.86. The average molecular weight is 1080 g/mol. The molecule has 0 spiro atoms. The number of aromatic hydroxyl groups is 1. The van der Waals surface area contributed by atoms with Crippen molar-refractivity contribution < 1.29 is 26.2 Å². The summed E-state index contributed by atoms with van der Waals surface area (Å²) >= 11 is 0. The predicted octanol–water partition coefficient (Wildman–Crippen LogP) is 16.3. The van der Waals surface area contributed by atoms with Gasteiger partial charge in [0, 0.05) is 61.0 Å². The number of rotatable bonds is 8. The van der Waals surface area contributed by atoms with E-state index >= 15 is 0 Å². The van der Waals surface area contributed by atoms with Gasteiger partial charge in [-0.15, -0.1) is 23.8 Å². The Bertz CT molecular complexity index is 3870. The van der Waals surface area contributed by atoms with Gasteiger partial charge in [-0.1, -0.05) is 189 Å². The van der Waals surface area contributed by atoms with Crippen molar-refractivity contribution in [1.29, 1.82) is 0 Å². The zero-order valence-corrected chi connectivity index (χ0v) is 41.2. The molecule has 9 aromatic carbocycles. The van der Waals surface area contributed by atoms with Gasteiger partial charge in [-0.2, -0.15) is 0 Å². The van der Waals surface area contributed by atoms with E-state index in [9.17, 15) is 5.11 Å². The third-order valence-electron chi connectivity index (χ3n) is 13.3. The van der Waals surface area contributed by atoms with Crippen LogP contribution in [0, 0.1) is 6.07 Å². The van der Waals surface area contributed by atoms with E-state index in [2.05, 4.69) is 218 Å². The van der Waals surface area contributed by atoms with E-state index in [0.29, 0.717) is 11.4 Å². The first-order chi connectivity index (χ1) is 33.8. The Morgan fingerprint density at radius 3 is 1.80 bits per heavy atom. The van der Waals surface area contributed by atoms with Crippen molar-refractivity contribution in [3.8, 4) is 84.3 Å². The topological polar surface area (TPSA) is 55.9 Å². The van der Waals surface area contributed by atoms with Gasteiger partial charge in [0.2, 0.25) is 0 Å². The Morgan fingerprint density at radius 1 is 0.457 bits per heavy atom. The van der Waals surface area contributed by atoms with Gasteiger partial charge in [-0.3, -0.25) is 9.55 Å². The van der Waals surface area contributed by atoms with E-state index in [0.717, 1.165) is 100.0 Å². The molecule has 0 unspecified atom stereocenters. The van der Waals surface area contributed by atoms with Crippen molar-refractivity contribution >= 4 is 32.8 Å². The Hall–Kier alpha value is -8.11. The van der Waals surface area contributed by atoms with Crippen LogP contribution < -0.4 is 0 Å². The van der Waals surface area contributed by atoms with Crippen LogP contribution in [0.3, 0.4) is 0 Å². The van der Waals surface area contributed by atoms with Crippen molar-refractivity contribution in [2.45, 2.75) is 26.2 Å². The molecule has 3 aromatic heterocycles. The first kappa shape index (κ1) is 44.4. The summed E-state index contributed by atoms with van der Waals surface area (Å²) in [6.45, 7) is 6.76. The quantitative estimate of drug-likeness (QED) is 0.154. The summed E-state index contributed by atoms with van der Waals surface area (Å²) in [7, 11) is 0. The van der Waals surface area contributed by atoms with Crippen molar-refractivity contribution in [1.82, 2.24) is 19.1 Å². The van der Waals surface area contributed by atoms with E-state index in [-0.39, 0.29) is 32.2 Å². The minimum absolute atomic E-state index is 0. The summed E-state index contributed by atoms with van der Waals surface area (Å²) in [5, 5.41) is 14.6. The molecule has 70 heavy (non-hydrogen) atoms. The molecule has 6 heteroatoms. The molecule has 3 heterocycles. The maximum Gasteiger partial charge on any atom is 0.148 e. The predicted molar refractivity (Wildman–Crippen MR) is 285 cm³/mol. The van der Waals surface area contributed by atoms with Crippen LogP contribution >= 0.6 is 0 Å². The molecule has 5 nitrogen and oxygen atoms in total. The Morgan fingerprint density at radius 2 is 1.09 bits per heavy atom. The number of nitrogens with zero attached hydrogens (tertiary/aromatic N) is 4. The number of hydrogen-bond donors (Lipinski definition) is 1. The second-order valence-electron chi connectivity index (χ2n) is 18.7. The minimum Gasteiger partial charge on any atom is -0.507 e. The van der Waals surface area contributed by atoms with Crippen molar-refractivity contribution in [3.05, 3.63) is 236 Å². The average Bonchev–Trinajstić information content (AvgIpc) is 3.94. The maximum absolute atomic E-state index is 12.5. The zero-order valence-electron chi connectivity index (χ0n) is 38.9. The zero-order chi connectivity index (χ0) is 46.6. The molecular formula is C64H47N4OPt-. The van der Waals surface area contributed by atoms with E-state index in [1.54, 1.807) is 0 Å². The van der Waals surface area contributed by atoms with Crippen LogP contribution in [-0.2, 0) is 26.5 Å². The van der Waals surface area contributed by atoms with E-state index in [1.807, 2.05) is 42.6 Å². The second kappa shape index (κ2) is 18.1. The summed E-state index contributed by atoms with van der Waals surface area (Å²) in [4.78, 5) is 10.6. The van der Waals surface area contributed by atoms with Gasteiger partial charge < -0.3 is 9.67 Å². The number of pyridine rings is 1. The Balaban J connectivity index is 0.00000533. The van der Waals surface area contributed by atoms with E-state index < -0.39 is 0 Å². The van der Waals surface area contributed by atoms with Crippen LogP contribution in [0.4, 0.5) is 0 Å². The third kappa shape index (κ3) is 7.92. The van der Waals surface area contributed by atoms with Crippen LogP contribution in [0.1, 0.15) is 26.3 Å². The number of para-hydroxylation sites is 3. The molecule has 12 rings (SSSR count). The molecule has 0 aliphatic heterocycles. The first-order valence-electron chi connectivity index (χ1n) is 23.5. The van der Waals surface area contributed by atoms with Gasteiger partial charge in [0.15, 0.2) is 0 Å². The molecule has 0 saturated carbocycles. The van der Waals surface area contributed by atoms with Crippen molar-refractivity contribution in [3.63, 3.8) is 0 Å². The third-order valence-corrected chi connectivity index (χ3v) is 13.3. The van der Waals surface area contributed by atoms with Crippen LogP contribution in [0.25, 0.3) is 111 Å². The first-order valence-corrected chi connectivity index (χ1v) is 23.5. The molecular weight excluding hydrogens is 1040 g/mol. The van der Waals surface area contributed by atoms with E-state index in [4.69, 9.17) is 9.97 Å². The smallest absolute Gasteiger partial charge is 0.148 e. The molecule has 0 atom stereocenters. The number of fused-ring (bicyclic) bond motifs is 4. The molecule has 1 N–H and O–H groups in total. The number of phenolic OH excluding ortho intramolecular Hbond substituents is 1. The van der Waals surface area contributed by atoms with Crippen molar-refractivity contribution in [2.24, 2.45) is 0 Å². The SMILES string of the molecule is CC(C)(C)c1ccc(-n2c(-c3cc4c5ccccc5n(-c5ccccc5)c4cc3O)nc3c(-c4[c-]c(-c5cc(-c6ccccc6)ccn5)cc(-c5ccccc5)c4)cccc32)c(-c2ccccc2)c1.[Pt]. The van der Waals surface area contributed by atoms with Gasteiger partial charge in [0.25, 0.3) is 0 Å². The number of hydrogen-bond acceptors (Lipinski definition) is 3. The summed E-state index contributed by atoms with van der Waals surface area (Å²) in [6.07, 6.45) is 1.88. The molecule has 0 radical (unpaired) electrons. The normalized spacial score (nSPS) is 11.6. The Labute approximate surface area is 422 Å². The number of aromatic nitrogens is 4. The fraction of sp³-hybridized carbons (Fsp3) is 0.0625. The van der Waals surface area contributed by atoms with Gasteiger partial charge in [-0.05, 0) is 81.8 Å². The monoisotopic (exact) mass is 1080 g/mol. The molecule has 0 bridgehead atoms. The number of benzene rings is 9. The fourth-order valence-electron chi connectivity index (χ4n) is 9.86. The molecule has 0 fully saturated rings. The van der Waals surface area contributed by atoms with Crippen LogP contribution in [0.15, 0.2) is 225 Å². The van der Waals surface area contributed by atoms with Gasteiger partial charge in [0.05, 0.1) is 33.3 Å². The molecule has 0 saturated heterocycles. The van der Waals surface area contributed by atoms with Gasteiger partial charge >= 0.3 is 0 Å². The molecule has 340 valence electrons. The number of imidazole rings is 1. The summed E-state index contributed by atoms with van der Waals surface area (Å²) < 4.78 is 4.48. The van der Waals surface area contributed by atoms with Crippen LogP contribution in [0.2, 0.25) is 0 Å². The van der Waals surface area contributed by atoms with E-state index in [1.165, 1.54) is 5.56 Å². The summed E-state index contributed by atoms with van der Waals surface area (Å²) in [5.74, 6) is 0.767. The maximum atomic E-state index is 12.5. The standard InChI is InChI=1S/C64H47N4O.Pt/c1-64(2,3)49-31-32-58(53(39-49)44-23-12-6-13-24-44)68-59-30-18-28-51(47-35-46(43-21-10-5-11-22-43)36-48(37-47)56-38-45(33-34-65-56)42-19-8-4-9-20-42)62(59)66-63(68)55-40-54-52-27-16-17-29-57(52)67(60(54)41-61(55)69)50-25-14-7-15-26-50;/h4-36,38-41,69H,1-3H3;/q-1;. The number of phenols is 1.